The second kappa shape index (κ2) is 4.63. The molecule has 7 heteroatoms. The van der Waals surface area contributed by atoms with Crippen molar-refractivity contribution in [2.45, 2.75) is 18.8 Å². The van der Waals surface area contributed by atoms with Gasteiger partial charge in [0.15, 0.2) is 0 Å². The molecule has 0 bridgehead atoms. The number of alkyl halides is 2. The Morgan fingerprint density at radius 2 is 2.13 bits per heavy atom. The first-order chi connectivity index (χ1) is 6.83. The van der Waals surface area contributed by atoms with Crippen LogP contribution in [0.15, 0.2) is 6.07 Å². The number of hydrogen-bond donors (Lipinski definition) is 1. The molecule has 0 saturated carbocycles. The summed E-state index contributed by atoms with van der Waals surface area (Å²) in [5.41, 5.74) is -0.402. The van der Waals surface area contributed by atoms with Crippen LogP contribution in [0, 0.1) is 0 Å². The van der Waals surface area contributed by atoms with Gasteiger partial charge in [0.2, 0.25) is 0 Å². The first-order valence-electron chi connectivity index (χ1n) is 3.88. The van der Waals surface area contributed by atoms with Gasteiger partial charge in [0, 0.05) is 6.42 Å². The van der Waals surface area contributed by atoms with E-state index in [0.717, 1.165) is 17.4 Å². The van der Waals surface area contributed by atoms with Gasteiger partial charge in [-0.2, -0.15) is 0 Å². The van der Waals surface area contributed by atoms with E-state index in [1.54, 1.807) is 0 Å². The van der Waals surface area contributed by atoms with E-state index in [4.69, 9.17) is 28.3 Å². The number of aliphatic carboxylic acids is 1. The van der Waals surface area contributed by atoms with E-state index in [0.29, 0.717) is 0 Å². The lowest BCUT2D eigenvalue weighted by atomic mass is 10.1. The molecule has 0 radical (unpaired) electrons. The Morgan fingerprint density at radius 1 is 1.53 bits per heavy atom. The van der Waals surface area contributed by atoms with Crippen LogP contribution in [0.4, 0.5) is 8.78 Å². The van der Waals surface area contributed by atoms with Crippen LogP contribution >= 0.6 is 34.5 Å². The highest BCUT2D eigenvalue weighted by Gasteiger charge is 2.35. The second-order valence-corrected chi connectivity index (χ2v) is 5.12. The standard InChI is InChI=1S/C8H6Cl2F2O2S/c9-5-3-4(7(10)15-5)8(11,12)2-1-6(13)14/h3H,1-2H2,(H,13,14). The Bertz CT molecular complexity index is 379. The van der Waals surface area contributed by atoms with Crippen LogP contribution in [0.1, 0.15) is 18.4 Å². The molecule has 84 valence electrons. The molecule has 1 rings (SSSR count). The molecule has 0 aromatic carbocycles. The summed E-state index contributed by atoms with van der Waals surface area (Å²) in [6.45, 7) is 0. The van der Waals surface area contributed by atoms with E-state index < -0.39 is 30.3 Å². The molecule has 15 heavy (non-hydrogen) atoms. The Kier molecular flexibility index (Phi) is 3.92. The number of rotatable bonds is 4. The number of carboxylic acid groups (broad SMARTS) is 1. The van der Waals surface area contributed by atoms with Crippen molar-refractivity contribution in [3.63, 3.8) is 0 Å². The zero-order chi connectivity index (χ0) is 11.6. The quantitative estimate of drug-likeness (QED) is 0.901. The average Bonchev–Trinajstić information content (AvgIpc) is 2.43. The Hall–Kier alpha value is -0.390. The van der Waals surface area contributed by atoms with Crippen LogP contribution in [-0.4, -0.2) is 11.1 Å². The molecule has 1 aromatic heterocycles. The summed E-state index contributed by atoms with van der Waals surface area (Å²) >= 11 is 11.9. The zero-order valence-electron chi connectivity index (χ0n) is 7.27. The van der Waals surface area contributed by atoms with Crippen LogP contribution < -0.4 is 0 Å². The highest BCUT2D eigenvalue weighted by atomic mass is 35.5. The van der Waals surface area contributed by atoms with Crippen molar-refractivity contribution in [2.24, 2.45) is 0 Å². The van der Waals surface area contributed by atoms with Gasteiger partial charge in [-0.1, -0.05) is 23.2 Å². The maximum absolute atomic E-state index is 13.4. The van der Waals surface area contributed by atoms with Gasteiger partial charge < -0.3 is 5.11 Å². The molecular weight excluding hydrogens is 269 g/mol. The van der Waals surface area contributed by atoms with Gasteiger partial charge in [0.1, 0.15) is 4.34 Å². The van der Waals surface area contributed by atoms with Crippen LogP contribution in [0.2, 0.25) is 8.67 Å². The molecule has 0 spiro atoms. The molecule has 0 aliphatic heterocycles. The zero-order valence-corrected chi connectivity index (χ0v) is 9.60. The van der Waals surface area contributed by atoms with Crippen LogP contribution in [0.5, 0.6) is 0 Å². The third-order valence-electron chi connectivity index (χ3n) is 1.70. The van der Waals surface area contributed by atoms with Crippen molar-refractivity contribution in [1.29, 1.82) is 0 Å². The fourth-order valence-electron chi connectivity index (χ4n) is 0.988. The predicted octanol–water partition coefficient (Wildman–Crippen LogP) is 4.01. The van der Waals surface area contributed by atoms with E-state index in [-0.39, 0.29) is 8.67 Å². The summed E-state index contributed by atoms with van der Waals surface area (Å²) in [6.07, 6.45) is -1.40. The third kappa shape index (κ3) is 3.29. The molecule has 0 aliphatic rings. The van der Waals surface area contributed by atoms with Gasteiger partial charge in [0.25, 0.3) is 5.92 Å². The molecule has 0 saturated heterocycles. The first-order valence-corrected chi connectivity index (χ1v) is 5.45. The van der Waals surface area contributed by atoms with Gasteiger partial charge in [-0.15, -0.1) is 11.3 Å². The summed E-state index contributed by atoms with van der Waals surface area (Å²) in [4.78, 5) is 10.2. The number of hydrogen-bond acceptors (Lipinski definition) is 2. The molecule has 0 unspecified atom stereocenters. The highest BCUT2D eigenvalue weighted by Crippen LogP contribution is 2.42. The van der Waals surface area contributed by atoms with Gasteiger partial charge in [-0.05, 0) is 6.07 Å². The number of halogens is 4. The molecule has 2 nitrogen and oxygen atoms in total. The molecular formula is C8H6Cl2F2O2S. The van der Waals surface area contributed by atoms with Gasteiger partial charge in [-0.25, -0.2) is 8.78 Å². The fourth-order valence-corrected chi connectivity index (χ4v) is 2.56. The van der Waals surface area contributed by atoms with Crippen molar-refractivity contribution in [1.82, 2.24) is 0 Å². The van der Waals surface area contributed by atoms with Gasteiger partial charge >= 0.3 is 5.97 Å². The maximum atomic E-state index is 13.4. The molecule has 1 heterocycles. The van der Waals surface area contributed by atoms with E-state index in [2.05, 4.69) is 0 Å². The topological polar surface area (TPSA) is 37.3 Å². The SMILES string of the molecule is O=C(O)CCC(F)(F)c1cc(Cl)sc1Cl. The summed E-state index contributed by atoms with van der Waals surface area (Å²) in [5, 5.41) is 8.31. The minimum atomic E-state index is -3.25. The Labute approximate surface area is 98.4 Å². The Balaban J connectivity index is 2.85. The Morgan fingerprint density at radius 3 is 2.53 bits per heavy atom. The van der Waals surface area contributed by atoms with E-state index in [9.17, 15) is 13.6 Å². The van der Waals surface area contributed by atoms with Crippen molar-refractivity contribution in [2.75, 3.05) is 0 Å². The molecule has 0 atom stereocenters. The minimum absolute atomic E-state index is 0.101. The van der Waals surface area contributed by atoms with Crippen molar-refractivity contribution in [3.8, 4) is 0 Å². The molecule has 1 aromatic rings. The van der Waals surface area contributed by atoms with E-state index >= 15 is 0 Å². The molecule has 1 N–H and O–H groups in total. The van der Waals surface area contributed by atoms with Crippen molar-refractivity contribution < 1.29 is 18.7 Å². The monoisotopic (exact) mass is 274 g/mol. The van der Waals surface area contributed by atoms with Gasteiger partial charge in [-0.3, -0.25) is 4.79 Å². The molecule has 0 fully saturated rings. The van der Waals surface area contributed by atoms with Crippen LogP contribution in [-0.2, 0) is 10.7 Å². The van der Waals surface area contributed by atoms with Crippen molar-refractivity contribution >= 4 is 40.5 Å². The molecule has 0 amide bonds. The average molecular weight is 275 g/mol. The number of carbonyl (C=O) groups is 1. The number of thiophene rings is 1. The van der Waals surface area contributed by atoms with Gasteiger partial charge in [0.05, 0.1) is 16.3 Å². The number of carboxylic acids is 1. The summed E-state index contributed by atoms with van der Waals surface area (Å²) < 4.78 is 26.8. The first kappa shape index (κ1) is 12.7. The summed E-state index contributed by atoms with van der Waals surface area (Å²) in [5.74, 6) is -4.52. The maximum Gasteiger partial charge on any atom is 0.303 e. The minimum Gasteiger partial charge on any atom is -0.481 e. The summed E-state index contributed by atoms with van der Waals surface area (Å²) in [7, 11) is 0. The fraction of sp³-hybridized carbons (Fsp3) is 0.375. The second-order valence-electron chi connectivity index (χ2n) is 2.84. The normalized spacial score (nSPS) is 11.7. The largest absolute Gasteiger partial charge is 0.481 e. The van der Waals surface area contributed by atoms with E-state index in [1.165, 1.54) is 0 Å². The van der Waals surface area contributed by atoms with Crippen molar-refractivity contribution in [3.05, 3.63) is 20.3 Å². The third-order valence-corrected chi connectivity index (χ3v) is 3.19. The smallest absolute Gasteiger partial charge is 0.303 e. The lowest BCUT2D eigenvalue weighted by Crippen LogP contribution is -2.14. The summed E-state index contributed by atoms with van der Waals surface area (Å²) in [6, 6.07) is 1.07. The predicted molar refractivity (Wildman–Crippen MR) is 55.1 cm³/mol. The lowest BCUT2D eigenvalue weighted by molar-refractivity contribution is -0.139. The highest BCUT2D eigenvalue weighted by molar-refractivity contribution is 7.20. The van der Waals surface area contributed by atoms with Crippen LogP contribution in [0.25, 0.3) is 0 Å². The van der Waals surface area contributed by atoms with E-state index in [1.807, 2.05) is 0 Å². The lowest BCUT2D eigenvalue weighted by Gasteiger charge is -2.13. The molecule has 0 aliphatic carbocycles. The van der Waals surface area contributed by atoms with Crippen LogP contribution in [0.3, 0.4) is 0 Å².